The molecule has 0 aliphatic heterocycles. The van der Waals surface area contributed by atoms with Crippen LogP contribution in [0.15, 0.2) is 30.3 Å². The van der Waals surface area contributed by atoms with E-state index in [9.17, 15) is 14.2 Å². The summed E-state index contributed by atoms with van der Waals surface area (Å²) in [5.74, 6) is -0.486. The number of nitriles is 1. The zero-order valence-corrected chi connectivity index (χ0v) is 23.1. The molecule has 2 unspecified atom stereocenters. The van der Waals surface area contributed by atoms with Crippen molar-refractivity contribution < 1.29 is 32.7 Å². The molecule has 15 heteroatoms. The van der Waals surface area contributed by atoms with E-state index >= 15 is 0 Å². The highest BCUT2D eigenvalue weighted by molar-refractivity contribution is 7.46. The van der Waals surface area contributed by atoms with Gasteiger partial charge >= 0.3 is 7.82 Å². The van der Waals surface area contributed by atoms with E-state index in [1.165, 1.54) is 13.0 Å². The number of ether oxygens (including phenoxy) is 2. The van der Waals surface area contributed by atoms with Crippen molar-refractivity contribution in [3.05, 3.63) is 46.7 Å². The molecule has 0 spiro atoms. The third-order valence-electron chi connectivity index (χ3n) is 4.72. The molecule has 200 valence electrons. The van der Waals surface area contributed by atoms with Gasteiger partial charge in [-0.2, -0.15) is 5.26 Å². The molecule has 2 atom stereocenters. The molecule has 0 bridgehead atoms. The van der Waals surface area contributed by atoms with Gasteiger partial charge in [0.2, 0.25) is 0 Å². The van der Waals surface area contributed by atoms with Crippen LogP contribution in [-0.4, -0.2) is 44.8 Å². The van der Waals surface area contributed by atoms with Gasteiger partial charge in [0.15, 0.2) is 11.6 Å². The van der Waals surface area contributed by atoms with Crippen LogP contribution in [0.1, 0.15) is 26.3 Å². The van der Waals surface area contributed by atoms with Gasteiger partial charge in [-0.15, -0.1) is 22.6 Å². The highest BCUT2D eigenvalue weighted by Crippen LogP contribution is 2.39. The molecule has 0 aliphatic rings. The maximum Gasteiger partial charge on any atom is 0.469 e. The Balaban J connectivity index is 0.00000481. The minimum Gasteiger partial charge on any atom is -0.490 e. The Kier molecular flexibility index (Phi) is 10.8. The Morgan fingerprint density at radius 1 is 1.19 bits per heavy atom. The molecule has 37 heavy (non-hydrogen) atoms. The summed E-state index contributed by atoms with van der Waals surface area (Å²) in [6.45, 7) is 4.80. The molecule has 1 heterocycles. The molecule has 0 saturated heterocycles. The van der Waals surface area contributed by atoms with Gasteiger partial charge in [-0.1, -0.05) is 22.9 Å². The molecule has 0 saturated carbocycles. The third-order valence-corrected chi connectivity index (χ3v) is 6.65. The lowest BCUT2D eigenvalue weighted by Crippen LogP contribution is -2.39. The molecule has 4 N–H and O–H groups in total. The Morgan fingerprint density at radius 2 is 1.86 bits per heavy atom. The second kappa shape index (κ2) is 13.0. The number of halogens is 3. The topological polar surface area (TPSA) is 161 Å². The highest BCUT2D eigenvalue weighted by Gasteiger charge is 2.25. The lowest BCUT2D eigenvalue weighted by molar-refractivity contribution is 0.106. The minimum absolute atomic E-state index is 0. The first-order valence-corrected chi connectivity index (χ1v) is 13.3. The van der Waals surface area contributed by atoms with Crippen LogP contribution in [0.2, 0.25) is 5.02 Å². The monoisotopic (exact) mass is 592 g/mol. The van der Waals surface area contributed by atoms with Crippen molar-refractivity contribution >= 4 is 43.2 Å². The zero-order valence-electron chi connectivity index (χ0n) is 19.8. The summed E-state index contributed by atoms with van der Waals surface area (Å²) in [6.07, 6.45) is -1.14. The summed E-state index contributed by atoms with van der Waals surface area (Å²) in [5.41, 5.74) is 7.08. The lowest BCUT2D eigenvalue weighted by Gasteiger charge is -2.21. The summed E-state index contributed by atoms with van der Waals surface area (Å²) in [6, 6.07) is 8.62. The zero-order chi connectivity index (χ0) is 26.6. The van der Waals surface area contributed by atoms with Gasteiger partial charge in [0.1, 0.15) is 28.4 Å². The van der Waals surface area contributed by atoms with Gasteiger partial charge in [0.05, 0.1) is 28.8 Å². The summed E-state index contributed by atoms with van der Waals surface area (Å²) >= 11 is 7.51. The van der Waals surface area contributed by atoms with E-state index in [2.05, 4.69) is 20.8 Å². The summed E-state index contributed by atoms with van der Waals surface area (Å²) in [4.78, 5) is 17.7. The van der Waals surface area contributed by atoms with Crippen molar-refractivity contribution in [3.8, 4) is 38.7 Å². The Morgan fingerprint density at radius 3 is 2.49 bits per heavy atom. The first-order chi connectivity index (χ1) is 16.9. The van der Waals surface area contributed by atoms with Crippen LogP contribution in [0.5, 0.6) is 11.5 Å². The fourth-order valence-electron chi connectivity index (χ4n) is 2.98. The Hall–Kier alpha value is -2.33. The summed E-state index contributed by atoms with van der Waals surface area (Å²) < 4.78 is 41.2. The maximum atomic E-state index is 14.7. The van der Waals surface area contributed by atoms with Gasteiger partial charge in [-0.25, -0.2) is 8.96 Å². The van der Waals surface area contributed by atoms with E-state index in [-0.39, 0.29) is 41.5 Å². The molecular formula is C22H24Cl2FN4O6PS. The van der Waals surface area contributed by atoms with Crippen LogP contribution in [0.3, 0.4) is 0 Å². The van der Waals surface area contributed by atoms with Crippen molar-refractivity contribution in [1.82, 2.24) is 10.2 Å². The van der Waals surface area contributed by atoms with Crippen molar-refractivity contribution in [1.29, 1.82) is 5.26 Å². The van der Waals surface area contributed by atoms with Crippen molar-refractivity contribution in [3.63, 3.8) is 0 Å². The highest BCUT2D eigenvalue weighted by atomic mass is 35.5. The molecule has 0 fully saturated rings. The summed E-state index contributed by atoms with van der Waals surface area (Å²) in [5, 5.41) is 18.7. The standard InChI is InChI=1S/C22H23ClFN4O6PS.ClH/c1-11(2)33-19-5-4-13(6-14(19)9-25)21-27-28-22(36-21)15-7-17(24)20(8-16(15)23)32-10-18(26)12(3)34-35(29,30)31;/h4-8,11-12,18H,10,26H2,1-3H3,(H2,29,30,31);1H. The average molecular weight is 593 g/mol. The Bertz CT molecular complexity index is 1330. The minimum atomic E-state index is -4.73. The van der Waals surface area contributed by atoms with E-state index in [0.717, 1.165) is 17.4 Å². The number of phosphoric ester groups is 1. The van der Waals surface area contributed by atoms with Crippen LogP contribution in [0.4, 0.5) is 4.39 Å². The fraction of sp³-hybridized carbons (Fsp3) is 0.318. The third kappa shape index (κ3) is 8.33. The number of hydrogen-bond donors (Lipinski definition) is 3. The number of phosphoric acid groups is 1. The molecule has 0 radical (unpaired) electrons. The number of rotatable bonds is 10. The predicted molar refractivity (Wildman–Crippen MR) is 140 cm³/mol. The average Bonchev–Trinajstić information content (AvgIpc) is 3.27. The van der Waals surface area contributed by atoms with Crippen LogP contribution in [0, 0.1) is 17.1 Å². The van der Waals surface area contributed by atoms with Gasteiger partial charge in [0, 0.05) is 17.2 Å². The van der Waals surface area contributed by atoms with E-state index in [1.807, 2.05) is 13.8 Å². The van der Waals surface area contributed by atoms with E-state index in [4.69, 9.17) is 36.6 Å². The van der Waals surface area contributed by atoms with Gasteiger partial charge in [-0.3, -0.25) is 4.52 Å². The number of nitrogens with zero attached hydrogens (tertiary/aromatic N) is 3. The maximum absolute atomic E-state index is 14.7. The van der Waals surface area contributed by atoms with Crippen LogP contribution in [0.25, 0.3) is 21.1 Å². The normalized spacial score (nSPS) is 13.0. The van der Waals surface area contributed by atoms with E-state index in [0.29, 0.717) is 26.9 Å². The lowest BCUT2D eigenvalue weighted by atomic mass is 10.1. The smallest absolute Gasteiger partial charge is 0.469 e. The summed E-state index contributed by atoms with van der Waals surface area (Å²) in [7, 11) is -4.73. The molecule has 3 aromatic rings. The van der Waals surface area contributed by atoms with Gasteiger partial charge < -0.3 is 25.0 Å². The second-order valence-corrected chi connectivity index (χ2v) is 10.5. The van der Waals surface area contributed by atoms with E-state index in [1.54, 1.807) is 18.2 Å². The molecule has 1 aromatic heterocycles. The molecule has 10 nitrogen and oxygen atoms in total. The Labute approximate surface area is 227 Å². The number of hydrogen-bond acceptors (Lipinski definition) is 9. The first kappa shape index (κ1) is 30.9. The van der Waals surface area contributed by atoms with E-state index < -0.39 is 25.8 Å². The van der Waals surface area contributed by atoms with Crippen molar-refractivity contribution in [2.24, 2.45) is 5.73 Å². The van der Waals surface area contributed by atoms with Gasteiger partial charge in [-0.05, 0) is 45.0 Å². The quantitative estimate of drug-likeness (QED) is 0.275. The van der Waals surface area contributed by atoms with Crippen LogP contribution in [-0.2, 0) is 9.09 Å². The SMILES string of the molecule is CC(C)Oc1ccc(-c2nnc(-c3cc(F)c(OCC(N)C(C)OP(=O)(O)O)cc3Cl)s2)cc1C#N.Cl. The number of nitrogens with two attached hydrogens (primary N) is 1. The first-order valence-electron chi connectivity index (χ1n) is 10.5. The van der Waals surface area contributed by atoms with Gasteiger partial charge in [0.25, 0.3) is 0 Å². The van der Waals surface area contributed by atoms with Crippen LogP contribution < -0.4 is 15.2 Å². The molecule has 3 rings (SSSR count). The molecular weight excluding hydrogens is 569 g/mol. The predicted octanol–water partition coefficient (Wildman–Crippen LogP) is 4.95. The van der Waals surface area contributed by atoms with Crippen LogP contribution >= 0.6 is 43.2 Å². The van der Waals surface area contributed by atoms with Crippen molar-refractivity contribution in [2.45, 2.75) is 39.0 Å². The van der Waals surface area contributed by atoms with Crippen molar-refractivity contribution in [2.75, 3.05) is 6.61 Å². The molecule has 0 amide bonds. The number of benzene rings is 2. The molecule has 0 aliphatic carbocycles. The molecule has 2 aromatic carbocycles. The fourth-order valence-corrected chi connectivity index (χ4v) is 4.73. The number of aromatic nitrogens is 2. The second-order valence-electron chi connectivity index (χ2n) is 7.94. The largest absolute Gasteiger partial charge is 0.490 e.